The van der Waals surface area contributed by atoms with Gasteiger partial charge in [0.1, 0.15) is 0 Å². The maximum atomic E-state index is 11.4. The van der Waals surface area contributed by atoms with Crippen LogP contribution in [0.15, 0.2) is 24.3 Å². The van der Waals surface area contributed by atoms with Gasteiger partial charge in [-0.05, 0) is 36.5 Å². The van der Waals surface area contributed by atoms with Crippen LogP contribution in [-0.2, 0) is 6.54 Å². The molecule has 1 fully saturated rings. The largest absolute Gasteiger partial charge is 0.296 e. The van der Waals surface area contributed by atoms with Crippen LogP contribution >= 0.6 is 0 Å². The maximum Gasteiger partial charge on any atom is 0.265 e. The van der Waals surface area contributed by atoms with Crippen LogP contribution in [0, 0.1) is 5.92 Å². The van der Waals surface area contributed by atoms with E-state index in [9.17, 15) is 4.79 Å². The quantitative estimate of drug-likeness (QED) is 0.467. The Balaban J connectivity index is 1.99. The standard InChI is InChI=1S/C15H23N3O/c1-11(2)9-18(14-7-8-14)10-12-3-5-13(6-4-12)15(19)17-16/h3-6,11,14H,7-10,16H2,1-2H3,(H,17,19). The minimum Gasteiger partial charge on any atom is -0.296 e. The molecule has 104 valence electrons. The van der Waals surface area contributed by atoms with Crippen LogP contribution in [0.4, 0.5) is 0 Å². The molecule has 4 nitrogen and oxygen atoms in total. The van der Waals surface area contributed by atoms with E-state index in [-0.39, 0.29) is 5.91 Å². The van der Waals surface area contributed by atoms with E-state index in [4.69, 9.17) is 5.84 Å². The van der Waals surface area contributed by atoms with E-state index < -0.39 is 0 Å². The van der Waals surface area contributed by atoms with Gasteiger partial charge in [-0.1, -0.05) is 26.0 Å². The highest BCUT2D eigenvalue weighted by molar-refractivity contribution is 5.93. The van der Waals surface area contributed by atoms with Crippen LogP contribution in [0.2, 0.25) is 0 Å². The van der Waals surface area contributed by atoms with Gasteiger partial charge in [-0.2, -0.15) is 0 Å². The summed E-state index contributed by atoms with van der Waals surface area (Å²) < 4.78 is 0. The molecule has 1 aliphatic carbocycles. The lowest BCUT2D eigenvalue weighted by atomic mass is 10.1. The Bertz CT molecular complexity index is 424. The van der Waals surface area contributed by atoms with E-state index >= 15 is 0 Å². The molecule has 1 aliphatic rings. The Labute approximate surface area is 114 Å². The molecule has 4 heteroatoms. The number of nitrogens with one attached hydrogen (secondary N) is 1. The molecule has 3 N–H and O–H groups in total. The summed E-state index contributed by atoms with van der Waals surface area (Å²) in [5.41, 5.74) is 4.00. The molecule has 0 spiro atoms. The fraction of sp³-hybridized carbons (Fsp3) is 0.533. The highest BCUT2D eigenvalue weighted by atomic mass is 16.2. The molecular formula is C15H23N3O. The SMILES string of the molecule is CC(C)CN(Cc1ccc(C(=O)NN)cc1)C1CC1. The number of rotatable bonds is 6. The fourth-order valence-electron chi connectivity index (χ4n) is 2.33. The fourth-order valence-corrected chi connectivity index (χ4v) is 2.33. The van der Waals surface area contributed by atoms with Gasteiger partial charge in [0.25, 0.3) is 5.91 Å². The van der Waals surface area contributed by atoms with Crippen LogP contribution in [0.1, 0.15) is 42.6 Å². The van der Waals surface area contributed by atoms with Crippen LogP contribution in [0.25, 0.3) is 0 Å². The number of nitrogens with two attached hydrogens (primary N) is 1. The van der Waals surface area contributed by atoms with Crippen molar-refractivity contribution in [1.82, 2.24) is 10.3 Å². The zero-order valence-corrected chi connectivity index (χ0v) is 11.7. The number of hydrogen-bond donors (Lipinski definition) is 2. The van der Waals surface area contributed by atoms with E-state index in [2.05, 4.69) is 24.2 Å². The van der Waals surface area contributed by atoms with Gasteiger partial charge in [0.05, 0.1) is 0 Å². The third-order valence-electron chi connectivity index (χ3n) is 3.40. The molecule has 1 amide bonds. The summed E-state index contributed by atoms with van der Waals surface area (Å²) >= 11 is 0. The second kappa shape index (κ2) is 6.17. The zero-order chi connectivity index (χ0) is 13.8. The molecule has 1 aromatic rings. The normalized spacial score (nSPS) is 15.0. The van der Waals surface area contributed by atoms with Gasteiger partial charge in [0, 0.05) is 24.7 Å². The first-order valence-electron chi connectivity index (χ1n) is 6.94. The molecular weight excluding hydrogens is 238 g/mol. The Kier molecular flexibility index (Phi) is 4.56. The zero-order valence-electron chi connectivity index (χ0n) is 11.7. The predicted octanol–water partition coefficient (Wildman–Crippen LogP) is 1.91. The van der Waals surface area contributed by atoms with E-state index in [0.717, 1.165) is 19.1 Å². The van der Waals surface area contributed by atoms with Gasteiger partial charge >= 0.3 is 0 Å². The topological polar surface area (TPSA) is 58.4 Å². The van der Waals surface area contributed by atoms with E-state index in [0.29, 0.717) is 11.5 Å². The second-order valence-electron chi connectivity index (χ2n) is 5.72. The Morgan fingerprint density at radius 2 is 2.00 bits per heavy atom. The Morgan fingerprint density at radius 1 is 1.37 bits per heavy atom. The van der Waals surface area contributed by atoms with Gasteiger partial charge < -0.3 is 0 Å². The van der Waals surface area contributed by atoms with Crippen molar-refractivity contribution < 1.29 is 4.79 Å². The van der Waals surface area contributed by atoms with Crippen molar-refractivity contribution in [3.8, 4) is 0 Å². The van der Waals surface area contributed by atoms with Gasteiger partial charge in [-0.25, -0.2) is 5.84 Å². The first kappa shape index (κ1) is 14.0. The molecule has 0 bridgehead atoms. The molecule has 0 aliphatic heterocycles. The molecule has 1 saturated carbocycles. The summed E-state index contributed by atoms with van der Waals surface area (Å²) in [5.74, 6) is 5.56. The van der Waals surface area contributed by atoms with Crippen molar-refractivity contribution >= 4 is 5.91 Å². The van der Waals surface area contributed by atoms with Crippen LogP contribution in [-0.4, -0.2) is 23.4 Å². The predicted molar refractivity (Wildman–Crippen MR) is 76.4 cm³/mol. The number of nitrogen functional groups attached to an aromatic ring is 1. The van der Waals surface area contributed by atoms with Crippen molar-refractivity contribution in [3.05, 3.63) is 35.4 Å². The lowest BCUT2D eigenvalue weighted by Gasteiger charge is -2.24. The molecule has 0 radical (unpaired) electrons. The average molecular weight is 261 g/mol. The second-order valence-corrected chi connectivity index (χ2v) is 5.72. The molecule has 0 atom stereocenters. The monoisotopic (exact) mass is 261 g/mol. The van der Waals surface area contributed by atoms with Crippen LogP contribution in [0.5, 0.6) is 0 Å². The Hall–Kier alpha value is -1.39. The summed E-state index contributed by atoms with van der Waals surface area (Å²) in [7, 11) is 0. The highest BCUT2D eigenvalue weighted by Gasteiger charge is 2.29. The highest BCUT2D eigenvalue weighted by Crippen LogP contribution is 2.29. The van der Waals surface area contributed by atoms with Crippen molar-refractivity contribution in [2.75, 3.05) is 6.54 Å². The first-order valence-corrected chi connectivity index (χ1v) is 6.94. The summed E-state index contributed by atoms with van der Waals surface area (Å²) in [6, 6.07) is 8.45. The van der Waals surface area contributed by atoms with Crippen molar-refractivity contribution in [3.63, 3.8) is 0 Å². The average Bonchev–Trinajstić information content (AvgIpc) is 3.21. The van der Waals surface area contributed by atoms with Gasteiger partial charge in [-0.15, -0.1) is 0 Å². The van der Waals surface area contributed by atoms with Crippen LogP contribution < -0.4 is 11.3 Å². The number of hydrogen-bond acceptors (Lipinski definition) is 3. The molecule has 2 rings (SSSR count). The summed E-state index contributed by atoms with van der Waals surface area (Å²) in [4.78, 5) is 13.9. The van der Waals surface area contributed by atoms with Gasteiger partial charge in [0.15, 0.2) is 0 Å². The molecule has 0 aromatic heterocycles. The van der Waals surface area contributed by atoms with E-state index in [1.165, 1.54) is 18.4 Å². The molecule has 19 heavy (non-hydrogen) atoms. The lowest BCUT2D eigenvalue weighted by Crippen LogP contribution is -2.30. The Morgan fingerprint density at radius 3 is 2.47 bits per heavy atom. The smallest absolute Gasteiger partial charge is 0.265 e. The number of nitrogens with zero attached hydrogens (tertiary/aromatic N) is 1. The van der Waals surface area contributed by atoms with Gasteiger partial charge in [-0.3, -0.25) is 15.1 Å². The third-order valence-corrected chi connectivity index (χ3v) is 3.40. The molecule has 1 aromatic carbocycles. The third kappa shape index (κ3) is 4.04. The minimum atomic E-state index is -0.243. The lowest BCUT2D eigenvalue weighted by molar-refractivity contribution is 0.0953. The van der Waals surface area contributed by atoms with Crippen molar-refractivity contribution in [2.45, 2.75) is 39.3 Å². The van der Waals surface area contributed by atoms with E-state index in [1.807, 2.05) is 24.3 Å². The van der Waals surface area contributed by atoms with Crippen molar-refractivity contribution in [2.24, 2.45) is 11.8 Å². The summed E-state index contributed by atoms with van der Waals surface area (Å²) in [6.45, 7) is 6.61. The summed E-state index contributed by atoms with van der Waals surface area (Å²) in [5, 5.41) is 0. The maximum absolute atomic E-state index is 11.4. The minimum absolute atomic E-state index is 0.243. The first-order chi connectivity index (χ1) is 9.10. The van der Waals surface area contributed by atoms with E-state index in [1.54, 1.807) is 0 Å². The number of carbonyl (C=O) groups is 1. The number of carbonyl (C=O) groups excluding carboxylic acids is 1. The number of benzene rings is 1. The van der Waals surface area contributed by atoms with Crippen molar-refractivity contribution in [1.29, 1.82) is 0 Å². The molecule has 0 heterocycles. The number of amides is 1. The van der Waals surface area contributed by atoms with Crippen LogP contribution in [0.3, 0.4) is 0 Å². The number of hydrazine groups is 1. The molecule has 0 unspecified atom stereocenters. The van der Waals surface area contributed by atoms with Gasteiger partial charge in [0.2, 0.25) is 0 Å². The summed E-state index contributed by atoms with van der Waals surface area (Å²) in [6.07, 6.45) is 2.64. The molecule has 0 saturated heterocycles.